The van der Waals surface area contributed by atoms with E-state index in [9.17, 15) is 19.8 Å². The first-order valence-corrected chi connectivity index (χ1v) is 13.2. The fourth-order valence-electron chi connectivity index (χ4n) is 4.84. The number of rotatable bonds is 8. The highest BCUT2D eigenvalue weighted by atomic mass is 16.3. The molecular weight excluding hydrogens is 488 g/mol. The molecule has 39 heavy (non-hydrogen) atoms. The molecule has 4 N–H and O–H groups in total. The molecule has 6 nitrogen and oxygen atoms in total. The van der Waals surface area contributed by atoms with E-state index >= 15 is 0 Å². The average molecular weight is 527 g/mol. The Kier molecular flexibility index (Phi) is 7.57. The lowest BCUT2D eigenvalue weighted by Crippen LogP contribution is -2.54. The van der Waals surface area contributed by atoms with E-state index in [0.717, 1.165) is 32.7 Å². The molecule has 4 aromatic carbocycles. The fourth-order valence-corrected chi connectivity index (χ4v) is 4.84. The summed E-state index contributed by atoms with van der Waals surface area (Å²) in [5.74, 6) is -1.07. The molecule has 0 aliphatic heterocycles. The molecule has 2 atom stereocenters. The third kappa shape index (κ3) is 6.13. The van der Waals surface area contributed by atoms with E-state index in [-0.39, 0.29) is 0 Å². The van der Waals surface area contributed by atoms with E-state index in [4.69, 9.17) is 0 Å². The quantitative estimate of drug-likeness (QED) is 0.225. The standard InChI is InChI=1S/C33H38N2O4/c1-31(2,29(36)34-27(32(3,4)38)25-17-15-21-11-7-9-13-23(21)19-25)30(37)35-28(33(5,6)39)26-18-16-22-12-8-10-14-24(22)20-26/h7-20,27-28,38-39H,1-6H3,(H,34,36)(H,35,37). The van der Waals surface area contributed by atoms with Crippen LogP contribution in [0.2, 0.25) is 0 Å². The SMILES string of the molecule is CC(C)(C(=O)NC(c1ccc2ccccc2c1)C(C)(C)O)C(=O)NC(c1ccc2ccccc2c1)C(C)(C)O. The molecule has 0 spiro atoms. The van der Waals surface area contributed by atoms with Crippen molar-refractivity contribution in [2.75, 3.05) is 0 Å². The van der Waals surface area contributed by atoms with Gasteiger partial charge in [0.1, 0.15) is 5.41 Å². The third-order valence-electron chi connectivity index (χ3n) is 7.31. The number of amides is 2. The van der Waals surface area contributed by atoms with Crippen molar-refractivity contribution in [2.45, 2.75) is 64.8 Å². The van der Waals surface area contributed by atoms with Crippen molar-refractivity contribution in [3.05, 3.63) is 96.1 Å². The summed E-state index contributed by atoms with van der Waals surface area (Å²) < 4.78 is 0. The zero-order valence-corrected chi connectivity index (χ0v) is 23.4. The zero-order valence-electron chi connectivity index (χ0n) is 23.4. The van der Waals surface area contributed by atoms with Gasteiger partial charge in [-0.2, -0.15) is 0 Å². The van der Waals surface area contributed by atoms with Crippen LogP contribution in [0, 0.1) is 5.41 Å². The minimum atomic E-state index is -1.50. The lowest BCUT2D eigenvalue weighted by Gasteiger charge is -2.36. The Morgan fingerprint density at radius 3 is 1.23 bits per heavy atom. The lowest BCUT2D eigenvalue weighted by atomic mass is 9.85. The van der Waals surface area contributed by atoms with E-state index in [1.54, 1.807) is 41.5 Å². The van der Waals surface area contributed by atoms with Crippen molar-refractivity contribution in [2.24, 2.45) is 5.41 Å². The molecule has 0 saturated heterocycles. The molecule has 0 radical (unpaired) electrons. The second kappa shape index (κ2) is 10.4. The van der Waals surface area contributed by atoms with Gasteiger partial charge in [0.15, 0.2) is 0 Å². The third-order valence-corrected chi connectivity index (χ3v) is 7.31. The summed E-state index contributed by atoms with van der Waals surface area (Å²) in [6.07, 6.45) is 0. The van der Waals surface area contributed by atoms with Crippen molar-refractivity contribution in [1.29, 1.82) is 0 Å². The first-order chi connectivity index (χ1) is 18.2. The van der Waals surface area contributed by atoms with Crippen molar-refractivity contribution >= 4 is 33.4 Å². The Bertz CT molecular complexity index is 1400. The molecule has 2 amide bonds. The first-order valence-electron chi connectivity index (χ1n) is 13.2. The highest BCUT2D eigenvalue weighted by Crippen LogP contribution is 2.32. The van der Waals surface area contributed by atoms with Crippen LogP contribution in [0.5, 0.6) is 0 Å². The van der Waals surface area contributed by atoms with Crippen LogP contribution in [0.25, 0.3) is 21.5 Å². The van der Waals surface area contributed by atoms with Gasteiger partial charge in [0.25, 0.3) is 0 Å². The van der Waals surface area contributed by atoms with Crippen LogP contribution < -0.4 is 10.6 Å². The average Bonchev–Trinajstić information content (AvgIpc) is 2.88. The predicted molar refractivity (Wildman–Crippen MR) is 156 cm³/mol. The van der Waals surface area contributed by atoms with Crippen molar-refractivity contribution in [1.82, 2.24) is 10.6 Å². The number of benzene rings is 4. The van der Waals surface area contributed by atoms with Crippen molar-refractivity contribution in [3.8, 4) is 0 Å². The molecule has 0 saturated carbocycles. The van der Waals surface area contributed by atoms with Gasteiger partial charge in [0, 0.05) is 0 Å². The van der Waals surface area contributed by atoms with Gasteiger partial charge in [-0.25, -0.2) is 0 Å². The Balaban J connectivity index is 1.59. The van der Waals surface area contributed by atoms with E-state index < -0.39 is 40.5 Å². The maximum atomic E-state index is 13.6. The summed E-state index contributed by atoms with van der Waals surface area (Å²) in [6, 6.07) is 25.8. The van der Waals surface area contributed by atoms with E-state index in [1.807, 2.05) is 84.9 Å². The van der Waals surface area contributed by atoms with Gasteiger partial charge in [0.05, 0.1) is 23.3 Å². The monoisotopic (exact) mass is 526 g/mol. The summed E-state index contributed by atoms with van der Waals surface area (Å²) in [6.45, 7) is 9.60. The predicted octanol–water partition coefficient (Wildman–Crippen LogP) is 5.58. The lowest BCUT2D eigenvalue weighted by molar-refractivity contribution is -0.144. The molecule has 6 heteroatoms. The second-order valence-electron chi connectivity index (χ2n) is 12.0. The van der Waals surface area contributed by atoms with E-state index in [2.05, 4.69) is 10.6 Å². The molecule has 0 fully saturated rings. The van der Waals surface area contributed by atoms with Gasteiger partial charge in [-0.1, -0.05) is 72.8 Å². The van der Waals surface area contributed by atoms with Gasteiger partial charge in [-0.3, -0.25) is 9.59 Å². The van der Waals surface area contributed by atoms with Gasteiger partial charge in [-0.15, -0.1) is 0 Å². The molecule has 2 unspecified atom stereocenters. The summed E-state index contributed by atoms with van der Waals surface area (Å²) in [4.78, 5) is 27.2. The highest BCUT2D eigenvalue weighted by molar-refractivity contribution is 6.04. The minimum Gasteiger partial charge on any atom is -0.388 e. The summed E-state index contributed by atoms with van der Waals surface area (Å²) >= 11 is 0. The topological polar surface area (TPSA) is 98.7 Å². The van der Waals surface area contributed by atoms with E-state index in [1.165, 1.54) is 0 Å². The molecule has 0 bridgehead atoms. The Morgan fingerprint density at radius 1 is 0.564 bits per heavy atom. The number of hydrogen-bond acceptors (Lipinski definition) is 4. The second-order valence-corrected chi connectivity index (χ2v) is 12.0. The number of aliphatic hydroxyl groups is 2. The molecule has 0 aromatic heterocycles. The molecule has 0 aliphatic rings. The molecule has 4 rings (SSSR count). The van der Waals surface area contributed by atoms with Crippen molar-refractivity contribution < 1.29 is 19.8 Å². The van der Waals surface area contributed by atoms with Crippen LogP contribution in [-0.2, 0) is 9.59 Å². The fraction of sp³-hybridized carbons (Fsp3) is 0.333. The highest BCUT2D eigenvalue weighted by Gasteiger charge is 2.42. The maximum Gasteiger partial charge on any atom is 0.235 e. The van der Waals surface area contributed by atoms with E-state index in [0.29, 0.717) is 0 Å². The molecular formula is C33H38N2O4. The van der Waals surface area contributed by atoms with Gasteiger partial charge in [0.2, 0.25) is 11.8 Å². The van der Waals surface area contributed by atoms with Crippen LogP contribution in [0.1, 0.15) is 64.8 Å². The molecule has 0 aliphatic carbocycles. The normalized spacial score (nSPS) is 14.2. The Labute approximate surface area is 230 Å². The van der Waals surface area contributed by atoms with Gasteiger partial charge in [-0.05, 0) is 86.3 Å². The smallest absolute Gasteiger partial charge is 0.235 e. The van der Waals surface area contributed by atoms with Gasteiger partial charge >= 0.3 is 0 Å². The molecule has 4 aromatic rings. The van der Waals surface area contributed by atoms with Gasteiger partial charge < -0.3 is 20.8 Å². The van der Waals surface area contributed by atoms with Crippen molar-refractivity contribution in [3.63, 3.8) is 0 Å². The van der Waals surface area contributed by atoms with Crippen LogP contribution in [0.15, 0.2) is 84.9 Å². The first kappa shape index (κ1) is 28.3. The minimum absolute atomic E-state index is 0.534. The summed E-state index contributed by atoms with van der Waals surface area (Å²) in [5.41, 5.74) is -2.63. The van der Waals surface area contributed by atoms with Crippen LogP contribution >= 0.6 is 0 Å². The van der Waals surface area contributed by atoms with Crippen LogP contribution in [0.4, 0.5) is 0 Å². The largest absolute Gasteiger partial charge is 0.388 e. The van der Waals surface area contributed by atoms with Crippen LogP contribution in [-0.4, -0.2) is 33.2 Å². The number of carbonyl (C=O) groups excluding carboxylic acids is 2. The van der Waals surface area contributed by atoms with Crippen LogP contribution in [0.3, 0.4) is 0 Å². The Morgan fingerprint density at radius 2 is 0.897 bits per heavy atom. The summed E-state index contributed by atoms with van der Waals surface area (Å²) in [7, 11) is 0. The summed E-state index contributed by atoms with van der Waals surface area (Å²) in [5, 5.41) is 31.9. The number of carbonyl (C=O) groups is 2. The number of fused-ring (bicyclic) bond motifs is 2. The Hall–Kier alpha value is -3.74. The molecule has 0 heterocycles. The molecule has 204 valence electrons. The maximum absolute atomic E-state index is 13.6. The number of nitrogens with one attached hydrogen (secondary N) is 2. The number of hydrogen-bond donors (Lipinski definition) is 4. The zero-order chi connectivity index (χ0) is 28.6.